The van der Waals surface area contributed by atoms with Crippen LogP contribution in [-0.4, -0.2) is 18.0 Å². The number of hydrogen-bond donors (Lipinski definition) is 1. The zero-order valence-electron chi connectivity index (χ0n) is 13.2. The normalized spacial score (nSPS) is 11.0. The first-order valence-electron chi connectivity index (χ1n) is 7.27. The number of imidazole rings is 1. The number of aromatic nitrogens is 2. The molecule has 126 valence electrons. The predicted octanol–water partition coefficient (Wildman–Crippen LogP) is 3.24. The highest BCUT2D eigenvalue weighted by atomic mass is 32.2. The van der Waals surface area contributed by atoms with Crippen molar-refractivity contribution < 1.29 is 8.42 Å². The average Bonchev–Trinajstić information content (AvgIpc) is 3.01. The molecule has 0 radical (unpaired) electrons. The number of anilines is 1. The average molecular weight is 370 g/mol. The molecule has 0 aliphatic heterocycles. The number of nitrogens with one attached hydrogen (secondary N) is 1. The molecule has 0 aliphatic rings. The molecule has 3 rings (SSSR count). The number of nitriles is 1. The van der Waals surface area contributed by atoms with Crippen molar-refractivity contribution in [2.45, 2.75) is 14.9 Å². The van der Waals surface area contributed by atoms with Gasteiger partial charge in [0.25, 0.3) is 10.0 Å². The summed E-state index contributed by atoms with van der Waals surface area (Å²) in [5.41, 5.74) is 0.747. The van der Waals surface area contributed by atoms with E-state index in [0.717, 1.165) is 10.1 Å². The van der Waals surface area contributed by atoms with Gasteiger partial charge in [-0.15, -0.1) is 0 Å². The maximum Gasteiger partial charge on any atom is 0.261 e. The predicted molar refractivity (Wildman–Crippen MR) is 95.7 cm³/mol. The Kier molecular flexibility index (Phi) is 4.79. The van der Waals surface area contributed by atoms with Gasteiger partial charge in [-0.05, 0) is 42.1 Å². The van der Waals surface area contributed by atoms with Gasteiger partial charge in [0.15, 0.2) is 5.16 Å². The van der Waals surface area contributed by atoms with E-state index in [4.69, 9.17) is 5.26 Å². The van der Waals surface area contributed by atoms with Crippen LogP contribution in [0.4, 0.5) is 5.69 Å². The van der Waals surface area contributed by atoms with Crippen LogP contribution in [0.15, 0.2) is 75.9 Å². The Morgan fingerprint density at radius 1 is 1.20 bits per heavy atom. The fraction of sp³-hybridized carbons (Fsp3) is 0.0588. The van der Waals surface area contributed by atoms with Crippen molar-refractivity contribution in [2.75, 3.05) is 4.72 Å². The molecule has 0 bridgehead atoms. The van der Waals surface area contributed by atoms with E-state index < -0.39 is 10.0 Å². The van der Waals surface area contributed by atoms with Crippen LogP contribution in [-0.2, 0) is 17.1 Å². The number of hydrogen-bond acceptors (Lipinski definition) is 5. The second-order valence-electron chi connectivity index (χ2n) is 5.16. The van der Waals surface area contributed by atoms with Gasteiger partial charge in [0.2, 0.25) is 0 Å². The van der Waals surface area contributed by atoms with Crippen molar-refractivity contribution in [1.82, 2.24) is 9.55 Å². The lowest BCUT2D eigenvalue weighted by Gasteiger charge is -2.12. The van der Waals surface area contributed by atoms with Crippen LogP contribution in [0.2, 0.25) is 0 Å². The minimum Gasteiger partial charge on any atom is -0.329 e. The summed E-state index contributed by atoms with van der Waals surface area (Å²) in [4.78, 5) is 5.02. The van der Waals surface area contributed by atoms with Crippen molar-refractivity contribution in [3.05, 3.63) is 66.5 Å². The number of para-hydroxylation sites is 1. The second kappa shape index (κ2) is 7.01. The van der Waals surface area contributed by atoms with E-state index in [-0.39, 0.29) is 4.90 Å². The SMILES string of the molecule is Cn1ccnc1Sc1ccccc1NS(=O)(=O)c1cccc(C#N)c1. The molecule has 0 atom stereocenters. The smallest absolute Gasteiger partial charge is 0.261 e. The highest BCUT2D eigenvalue weighted by molar-refractivity contribution is 7.99. The Balaban J connectivity index is 1.92. The first-order chi connectivity index (χ1) is 12.0. The van der Waals surface area contributed by atoms with Gasteiger partial charge in [-0.3, -0.25) is 4.72 Å². The standard InChI is InChI=1S/C17H14N4O2S2/c1-21-10-9-19-17(21)24-16-8-3-2-7-15(16)20-25(22,23)14-6-4-5-13(11-14)12-18/h2-11,20H,1H3. The first-order valence-corrected chi connectivity index (χ1v) is 9.57. The van der Waals surface area contributed by atoms with Crippen LogP contribution in [0.1, 0.15) is 5.56 Å². The molecule has 0 aliphatic carbocycles. The van der Waals surface area contributed by atoms with Crippen molar-refractivity contribution in [1.29, 1.82) is 5.26 Å². The summed E-state index contributed by atoms with van der Waals surface area (Å²) in [7, 11) is -1.93. The van der Waals surface area contributed by atoms with Gasteiger partial charge in [-0.1, -0.05) is 18.2 Å². The minimum absolute atomic E-state index is 0.0448. The van der Waals surface area contributed by atoms with Crippen LogP contribution in [0.25, 0.3) is 0 Å². The zero-order chi connectivity index (χ0) is 17.9. The third kappa shape index (κ3) is 3.84. The molecule has 1 N–H and O–H groups in total. The monoisotopic (exact) mass is 370 g/mol. The molecule has 25 heavy (non-hydrogen) atoms. The van der Waals surface area contributed by atoms with Gasteiger partial charge in [0, 0.05) is 24.3 Å². The topological polar surface area (TPSA) is 87.8 Å². The maximum absolute atomic E-state index is 12.6. The van der Waals surface area contributed by atoms with E-state index in [1.54, 1.807) is 30.5 Å². The molecule has 2 aromatic carbocycles. The molecule has 1 aromatic heterocycles. The van der Waals surface area contributed by atoms with Gasteiger partial charge < -0.3 is 4.57 Å². The minimum atomic E-state index is -3.80. The highest BCUT2D eigenvalue weighted by Crippen LogP contribution is 2.33. The lowest BCUT2D eigenvalue weighted by atomic mass is 10.2. The molecule has 0 fully saturated rings. The summed E-state index contributed by atoms with van der Waals surface area (Å²) in [6.07, 6.45) is 3.50. The third-order valence-corrected chi connectivity index (χ3v) is 5.90. The van der Waals surface area contributed by atoms with Crippen molar-refractivity contribution >= 4 is 27.5 Å². The molecular formula is C17H14N4O2S2. The van der Waals surface area contributed by atoms with E-state index in [0.29, 0.717) is 11.3 Å². The quantitative estimate of drug-likeness (QED) is 0.745. The van der Waals surface area contributed by atoms with E-state index in [1.165, 1.54) is 23.9 Å². The van der Waals surface area contributed by atoms with Gasteiger partial charge in [0.05, 0.1) is 22.2 Å². The number of rotatable bonds is 5. The van der Waals surface area contributed by atoms with Crippen molar-refractivity contribution in [3.8, 4) is 6.07 Å². The molecule has 0 amide bonds. The lowest BCUT2D eigenvalue weighted by molar-refractivity contribution is 0.601. The Hall–Kier alpha value is -2.76. The Morgan fingerprint density at radius 3 is 2.72 bits per heavy atom. The maximum atomic E-state index is 12.6. The number of sulfonamides is 1. The largest absolute Gasteiger partial charge is 0.329 e. The summed E-state index contributed by atoms with van der Waals surface area (Å²) >= 11 is 1.36. The van der Waals surface area contributed by atoms with Crippen LogP contribution in [0, 0.1) is 11.3 Å². The number of aryl methyl sites for hydroxylation is 1. The summed E-state index contributed by atoms with van der Waals surface area (Å²) in [5, 5.41) is 9.70. The number of nitrogens with zero attached hydrogens (tertiary/aromatic N) is 3. The molecule has 6 nitrogen and oxygen atoms in total. The van der Waals surface area contributed by atoms with E-state index in [1.807, 2.05) is 36.0 Å². The van der Waals surface area contributed by atoms with Crippen LogP contribution in [0.5, 0.6) is 0 Å². The van der Waals surface area contributed by atoms with Crippen molar-refractivity contribution in [2.24, 2.45) is 7.05 Å². The molecular weight excluding hydrogens is 356 g/mol. The van der Waals surface area contributed by atoms with E-state index in [2.05, 4.69) is 9.71 Å². The van der Waals surface area contributed by atoms with Gasteiger partial charge in [-0.25, -0.2) is 13.4 Å². The molecule has 8 heteroatoms. The molecule has 0 saturated heterocycles. The van der Waals surface area contributed by atoms with Crippen molar-refractivity contribution in [3.63, 3.8) is 0 Å². The third-order valence-electron chi connectivity index (χ3n) is 3.38. The molecule has 0 unspecified atom stereocenters. The second-order valence-corrected chi connectivity index (χ2v) is 7.86. The Labute approximate surface area is 150 Å². The fourth-order valence-corrected chi connectivity index (χ4v) is 4.21. The summed E-state index contributed by atoms with van der Waals surface area (Å²) in [6.45, 7) is 0. The molecule has 0 saturated carbocycles. The van der Waals surface area contributed by atoms with Gasteiger partial charge >= 0.3 is 0 Å². The highest BCUT2D eigenvalue weighted by Gasteiger charge is 2.17. The van der Waals surface area contributed by atoms with E-state index >= 15 is 0 Å². The van der Waals surface area contributed by atoms with Crippen LogP contribution < -0.4 is 4.72 Å². The Morgan fingerprint density at radius 2 is 2.00 bits per heavy atom. The van der Waals surface area contributed by atoms with Gasteiger partial charge in [0.1, 0.15) is 0 Å². The Bertz CT molecular complexity index is 1050. The summed E-state index contributed by atoms with van der Waals surface area (Å²) in [5.74, 6) is 0. The number of benzene rings is 2. The lowest BCUT2D eigenvalue weighted by Crippen LogP contribution is -2.13. The van der Waals surface area contributed by atoms with Gasteiger partial charge in [-0.2, -0.15) is 5.26 Å². The zero-order valence-corrected chi connectivity index (χ0v) is 14.9. The summed E-state index contributed by atoms with van der Waals surface area (Å²) < 4.78 is 29.7. The summed E-state index contributed by atoms with van der Waals surface area (Å²) in [6, 6.07) is 14.9. The first kappa shape index (κ1) is 17.1. The molecule has 3 aromatic rings. The van der Waals surface area contributed by atoms with Crippen LogP contribution >= 0.6 is 11.8 Å². The molecule has 0 spiro atoms. The van der Waals surface area contributed by atoms with Crippen LogP contribution in [0.3, 0.4) is 0 Å². The fourth-order valence-electron chi connectivity index (χ4n) is 2.13. The molecule has 1 heterocycles. The van der Waals surface area contributed by atoms with E-state index in [9.17, 15) is 8.42 Å².